The summed E-state index contributed by atoms with van der Waals surface area (Å²) < 4.78 is 19.8. The highest BCUT2D eigenvalue weighted by Crippen LogP contribution is 2.37. The third kappa shape index (κ3) is 4.08. The van der Waals surface area contributed by atoms with Crippen molar-refractivity contribution < 1.29 is 18.7 Å². The van der Waals surface area contributed by atoms with Gasteiger partial charge >= 0.3 is 0 Å². The van der Waals surface area contributed by atoms with Gasteiger partial charge in [0.15, 0.2) is 0 Å². The molecule has 7 heteroatoms. The van der Waals surface area contributed by atoms with Gasteiger partial charge < -0.3 is 15.0 Å². The van der Waals surface area contributed by atoms with Gasteiger partial charge in [0, 0.05) is 25.2 Å². The average molecular weight is 411 g/mol. The van der Waals surface area contributed by atoms with Gasteiger partial charge in [0.1, 0.15) is 18.5 Å². The third-order valence-corrected chi connectivity index (χ3v) is 5.93. The normalized spacial score (nSPS) is 23.8. The van der Waals surface area contributed by atoms with Crippen LogP contribution in [-0.2, 0) is 26.4 Å². The van der Waals surface area contributed by atoms with Crippen LogP contribution in [0.5, 0.6) is 0 Å². The SMILES string of the molecule is CN(CC(=O)N1CC[C@@]2(c3ccccc3)NC(=O)CO[C@@H]2C1)Cc1ccccc1F. The third-order valence-electron chi connectivity index (χ3n) is 5.93. The lowest BCUT2D eigenvalue weighted by molar-refractivity contribution is -0.157. The number of hydrogen-bond acceptors (Lipinski definition) is 4. The second-order valence-electron chi connectivity index (χ2n) is 8.04. The van der Waals surface area contributed by atoms with Crippen LogP contribution in [0.4, 0.5) is 4.39 Å². The van der Waals surface area contributed by atoms with E-state index in [-0.39, 0.29) is 36.9 Å². The summed E-state index contributed by atoms with van der Waals surface area (Å²) in [6.07, 6.45) is 0.267. The molecular formula is C23H26FN3O3. The fraction of sp³-hybridized carbons (Fsp3) is 0.391. The number of carbonyl (C=O) groups excluding carboxylic acids is 2. The molecule has 0 radical (unpaired) electrons. The molecule has 158 valence electrons. The van der Waals surface area contributed by atoms with E-state index in [0.717, 1.165) is 5.56 Å². The molecule has 2 aliphatic heterocycles. The number of piperidine rings is 1. The highest BCUT2D eigenvalue weighted by atomic mass is 19.1. The van der Waals surface area contributed by atoms with E-state index in [2.05, 4.69) is 5.32 Å². The number of hydrogen-bond donors (Lipinski definition) is 1. The Hall–Kier alpha value is -2.77. The molecule has 2 atom stereocenters. The predicted octanol–water partition coefficient (Wildman–Crippen LogP) is 1.90. The first-order chi connectivity index (χ1) is 14.5. The molecule has 2 saturated heterocycles. The van der Waals surface area contributed by atoms with Crippen LogP contribution in [0.1, 0.15) is 17.5 Å². The summed E-state index contributed by atoms with van der Waals surface area (Å²) in [7, 11) is 1.81. The van der Waals surface area contributed by atoms with Crippen LogP contribution in [-0.4, -0.2) is 61.0 Å². The molecule has 1 N–H and O–H groups in total. The molecule has 4 rings (SSSR count). The number of morpholine rings is 1. The lowest BCUT2D eigenvalue weighted by atomic mass is 9.77. The van der Waals surface area contributed by atoms with E-state index in [4.69, 9.17) is 4.74 Å². The summed E-state index contributed by atoms with van der Waals surface area (Å²) in [5, 5.41) is 3.13. The zero-order chi connectivity index (χ0) is 21.1. The van der Waals surface area contributed by atoms with Crippen molar-refractivity contribution in [2.24, 2.45) is 0 Å². The molecule has 0 saturated carbocycles. The molecule has 6 nitrogen and oxygen atoms in total. The lowest BCUT2D eigenvalue weighted by Gasteiger charge is -2.50. The maximum Gasteiger partial charge on any atom is 0.246 e. The number of likely N-dealkylation sites (N-methyl/N-ethyl adjacent to an activating group) is 1. The highest BCUT2D eigenvalue weighted by molar-refractivity contribution is 5.80. The van der Waals surface area contributed by atoms with Gasteiger partial charge in [-0.3, -0.25) is 14.5 Å². The minimum Gasteiger partial charge on any atom is -0.364 e. The first-order valence-corrected chi connectivity index (χ1v) is 10.2. The van der Waals surface area contributed by atoms with Gasteiger partial charge in [0.05, 0.1) is 12.1 Å². The van der Waals surface area contributed by atoms with Gasteiger partial charge in [-0.2, -0.15) is 0 Å². The Morgan fingerprint density at radius 1 is 1.23 bits per heavy atom. The Morgan fingerprint density at radius 3 is 2.73 bits per heavy atom. The van der Waals surface area contributed by atoms with Gasteiger partial charge in [-0.1, -0.05) is 48.5 Å². The standard InChI is InChI=1S/C23H26FN3O3/c1-26(13-17-7-5-6-10-19(17)24)15-22(29)27-12-11-23(18-8-3-2-4-9-18)20(14-27)30-16-21(28)25-23/h2-10,20H,11-16H2,1H3,(H,25,28)/t20-,23+/m1/s1. The first-order valence-electron chi connectivity index (χ1n) is 10.2. The Balaban J connectivity index is 1.43. The highest BCUT2D eigenvalue weighted by Gasteiger charge is 2.49. The van der Waals surface area contributed by atoms with Gasteiger partial charge in [-0.15, -0.1) is 0 Å². The quantitative estimate of drug-likeness (QED) is 0.817. The van der Waals surface area contributed by atoms with Crippen molar-refractivity contribution in [1.82, 2.24) is 15.1 Å². The van der Waals surface area contributed by atoms with Gasteiger partial charge in [0.2, 0.25) is 11.8 Å². The van der Waals surface area contributed by atoms with Crippen molar-refractivity contribution in [1.29, 1.82) is 0 Å². The summed E-state index contributed by atoms with van der Waals surface area (Å²) in [6, 6.07) is 16.4. The van der Waals surface area contributed by atoms with Gasteiger partial charge in [0.25, 0.3) is 0 Å². The van der Waals surface area contributed by atoms with Crippen molar-refractivity contribution in [3.8, 4) is 0 Å². The van der Waals surface area contributed by atoms with Crippen molar-refractivity contribution in [2.75, 3.05) is 33.3 Å². The second-order valence-corrected chi connectivity index (χ2v) is 8.04. The molecule has 0 unspecified atom stereocenters. The van der Waals surface area contributed by atoms with E-state index in [1.807, 2.05) is 35.2 Å². The molecule has 0 bridgehead atoms. The van der Waals surface area contributed by atoms with Crippen molar-refractivity contribution in [3.05, 3.63) is 71.5 Å². The van der Waals surface area contributed by atoms with E-state index in [9.17, 15) is 14.0 Å². The number of benzene rings is 2. The fourth-order valence-electron chi connectivity index (χ4n) is 4.39. The van der Waals surface area contributed by atoms with Crippen LogP contribution in [0.25, 0.3) is 0 Å². The molecule has 2 amide bonds. The number of amides is 2. The number of carbonyl (C=O) groups is 2. The molecule has 30 heavy (non-hydrogen) atoms. The number of ether oxygens (including phenoxy) is 1. The van der Waals surface area contributed by atoms with E-state index < -0.39 is 5.54 Å². The average Bonchev–Trinajstić information content (AvgIpc) is 2.75. The van der Waals surface area contributed by atoms with Crippen LogP contribution < -0.4 is 5.32 Å². The smallest absolute Gasteiger partial charge is 0.246 e. The topological polar surface area (TPSA) is 61.9 Å². The molecule has 2 aliphatic rings. The summed E-state index contributed by atoms with van der Waals surface area (Å²) in [6.45, 7) is 1.46. The number of fused-ring (bicyclic) bond motifs is 1. The molecule has 2 aromatic carbocycles. The molecule has 2 heterocycles. The van der Waals surface area contributed by atoms with Crippen LogP contribution >= 0.6 is 0 Å². The van der Waals surface area contributed by atoms with Crippen LogP contribution in [0.2, 0.25) is 0 Å². The minimum absolute atomic E-state index is 0.00549. The van der Waals surface area contributed by atoms with Crippen molar-refractivity contribution in [3.63, 3.8) is 0 Å². The van der Waals surface area contributed by atoms with E-state index in [1.165, 1.54) is 6.07 Å². The predicted molar refractivity (Wildman–Crippen MR) is 110 cm³/mol. The van der Waals surface area contributed by atoms with E-state index in [1.54, 1.807) is 30.1 Å². The molecule has 2 fully saturated rings. The van der Waals surface area contributed by atoms with Gasteiger partial charge in [-0.25, -0.2) is 4.39 Å². The summed E-state index contributed by atoms with van der Waals surface area (Å²) in [5.74, 6) is -0.440. The Bertz CT molecular complexity index is 923. The second kappa shape index (κ2) is 8.53. The molecule has 0 aliphatic carbocycles. The monoisotopic (exact) mass is 411 g/mol. The molecule has 2 aromatic rings. The number of nitrogens with zero attached hydrogens (tertiary/aromatic N) is 2. The van der Waals surface area contributed by atoms with Crippen LogP contribution in [0.15, 0.2) is 54.6 Å². The summed E-state index contributed by atoms with van der Waals surface area (Å²) >= 11 is 0. The van der Waals surface area contributed by atoms with Crippen molar-refractivity contribution >= 4 is 11.8 Å². The van der Waals surface area contributed by atoms with E-state index >= 15 is 0 Å². The minimum atomic E-state index is -0.619. The molecular weight excluding hydrogens is 385 g/mol. The number of nitrogens with one attached hydrogen (secondary N) is 1. The molecule has 0 spiro atoms. The van der Waals surface area contributed by atoms with Crippen LogP contribution in [0.3, 0.4) is 0 Å². The zero-order valence-corrected chi connectivity index (χ0v) is 17.0. The first kappa shape index (κ1) is 20.5. The number of likely N-dealkylation sites (tertiary alicyclic amines) is 1. The fourth-order valence-corrected chi connectivity index (χ4v) is 4.39. The van der Waals surface area contributed by atoms with Gasteiger partial charge in [-0.05, 0) is 25.1 Å². The summed E-state index contributed by atoms with van der Waals surface area (Å²) in [5.41, 5.74) is 0.937. The Labute approximate surface area is 175 Å². The lowest BCUT2D eigenvalue weighted by Crippen LogP contribution is -2.67. The maximum absolute atomic E-state index is 13.9. The number of rotatable bonds is 5. The summed E-state index contributed by atoms with van der Waals surface area (Å²) in [4.78, 5) is 28.6. The Morgan fingerprint density at radius 2 is 1.97 bits per heavy atom. The van der Waals surface area contributed by atoms with Crippen LogP contribution in [0, 0.1) is 5.82 Å². The zero-order valence-electron chi connectivity index (χ0n) is 17.0. The largest absolute Gasteiger partial charge is 0.364 e. The number of halogens is 1. The van der Waals surface area contributed by atoms with E-state index in [0.29, 0.717) is 31.6 Å². The van der Waals surface area contributed by atoms with Crippen molar-refractivity contribution in [2.45, 2.75) is 24.6 Å². The molecule has 0 aromatic heterocycles. The maximum atomic E-state index is 13.9. The Kier molecular flexibility index (Phi) is 5.83.